The van der Waals surface area contributed by atoms with Gasteiger partial charge in [0.25, 0.3) is 0 Å². The predicted molar refractivity (Wildman–Crippen MR) is 65.9 cm³/mol. The Labute approximate surface area is 103 Å². The van der Waals surface area contributed by atoms with Crippen LogP contribution in [0.1, 0.15) is 12.8 Å². The van der Waals surface area contributed by atoms with Crippen molar-refractivity contribution in [3.8, 4) is 0 Å². The van der Waals surface area contributed by atoms with Crippen LogP contribution in [0.3, 0.4) is 0 Å². The van der Waals surface area contributed by atoms with Crippen molar-refractivity contribution in [2.24, 2.45) is 0 Å². The number of carbonyl (C=O) groups is 1. The van der Waals surface area contributed by atoms with Gasteiger partial charge in [0.15, 0.2) is 0 Å². The largest absolute Gasteiger partial charge is 0.379 e. The molecule has 2 fully saturated rings. The quantitative estimate of drug-likeness (QED) is 0.707. The molecule has 5 heteroatoms. The standard InChI is InChI=1S/C12H23N3O2/c1-13-11-3-6-15(12(11)16)5-2-4-14-7-9-17-10-8-14/h11,13H,2-10H2,1H3. The summed E-state index contributed by atoms with van der Waals surface area (Å²) in [6, 6.07) is 0.0541. The van der Waals surface area contributed by atoms with Crippen molar-refractivity contribution in [2.45, 2.75) is 18.9 Å². The highest BCUT2D eigenvalue weighted by atomic mass is 16.5. The van der Waals surface area contributed by atoms with E-state index in [1.165, 1.54) is 0 Å². The van der Waals surface area contributed by atoms with Gasteiger partial charge < -0.3 is 15.0 Å². The topological polar surface area (TPSA) is 44.8 Å². The third-order valence-corrected chi connectivity index (χ3v) is 3.65. The lowest BCUT2D eigenvalue weighted by Crippen LogP contribution is -2.39. The summed E-state index contributed by atoms with van der Waals surface area (Å²) < 4.78 is 5.31. The van der Waals surface area contributed by atoms with Crippen LogP contribution in [0.25, 0.3) is 0 Å². The zero-order valence-electron chi connectivity index (χ0n) is 10.7. The molecule has 1 atom stereocenters. The van der Waals surface area contributed by atoms with Crippen molar-refractivity contribution in [1.29, 1.82) is 0 Å². The maximum Gasteiger partial charge on any atom is 0.239 e. The SMILES string of the molecule is CNC1CCN(CCCN2CCOCC2)C1=O. The van der Waals surface area contributed by atoms with Crippen LogP contribution in [0.5, 0.6) is 0 Å². The predicted octanol–water partition coefficient (Wildman–Crippen LogP) is -0.471. The van der Waals surface area contributed by atoms with Crippen LogP contribution in [-0.4, -0.2) is 74.7 Å². The van der Waals surface area contributed by atoms with Gasteiger partial charge in [-0.1, -0.05) is 0 Å². The van der Waals surface area contributed by atoms with Crippen molar-refractivity contribution in [3.63, 3.8) is 0 Å². The Balaban J connectivity index is 1.63. The second-order valence-corrected chi connectivity index (χ2v) is 4.76. The third kappa shape index (κ3) is 3.40. The molecule has 17 heavy (non-hydrogen) atoms. The first-order valence-corrected chi connectivity index (χ1v) is 6.57. The van der Waals surface area contributed by atoms with Gasteiger partial charge in [0.05, 0.1) is 19.3 Å². The highest BCUT2D eigenvalue weighted by Crippen LogP contribution is 2.11. The molecular formula is C12H23N3O2. The summed E-state index contributed by atoms with van der Waals surface area (Å²) in [5, 5.41) is 3.07. The van der Waals surface area contributed by atoms with Gasteiger partial charge in [0.2, 0.25) is 5.91 Å². The van der Waals surface area contributed by atoms with Gasteiger partial charge in [0, 0.05) is 32.7 Å². The Morgan fingerprint density at radius 3 is 2.71 bits per heavy atom. The summed E-state index contributed by atoms with van der Waals surface area (Å²) in [4.78, 5) is 16.3. The van der Waals surface area contributed by atoms with Gasteiger partial charge in [-0.25, -0.2) is 0 Å². The van der Waals surface area contributed by atoms with Crippen molar-refractivity contribution in [2.75, 3.05) is 53.0 Å². The smallest absolute Gasteiger partial charge is 0.239 e. The van der Waals surface area contributed by atoms with E-state index >= 15 is 0 Å². The summed E-state index contributed by atoms with van der Waals surface area (Å²) in [5.74, 6) is 0.273. The van der Waals surface area contributed by atoms with Gasteiger partial charge in [-0.3, -0.25) is 9.69 Å². The Morgan fingerprint density at radius 2 is 2.06 bits per heavy atom. The summed E-state index contributed by atoms with van der Waals surface area (Å²) in [6.45, 7) is 6.66. The number of ether oxygens (including phenoxy) is 1. The minimum Gasteiger partial charge on any atom is -0.379 e. The molecule has 0 aromatic heterocycles. The molecule has 5 nitrogen and oxygen atoms in total. The molecule has 0 bridgehead atoms. The molecule has 1 amide bonds. The van der Waals surface area contributed by atoms with Gasteiger partial charge in [-0.2, -0.15) is 0 Å². The van der Waals surface area contributed by atoms with E-state index in [9.17, 15) is 4.79 Å². The Hall–Kier alpha value is -0.650. The number of likely N-dealkylation sites (tertiary alicyclic amines) is 1. The zero-order chi connectivity index (χ0) is 12.1. The van der Waals surface area contributed by atoms with E-state index in [-0.39, 0.29) is 11.9 Å². The first-order chi connectivity index (χ1) is 8.31. The highest BCUT2D eigenvalue weighted by molar-refractivity contribution is 5.83. The Kier molecular flexibility index (Phi) is 4.76. The number of nitrogens with zero attached hydrogens (tertiary/aromatic N) is 2. The molecule has 1 N–H and O–H groups in total. The van der Waals surface area contributed by atoms with E-state index in [4.69, 9.17) is 4.74 Å². The molecule has 98 valence electrons. The number of rotatable bonds is 5. The number of likely N-dealkylation sites (N-methyl/N-ethyl adjacent to an activating group) is 1. The zero-order valence-corrected chi connectivity index (χ0v) is 10.7. The van der Waals surface area contributed by atoms with Gasteiger partial charge >= 0.3 is 0 Å². The molecule has 2 heterocycles. The molecule has 2 saturated heterocycles. The van der Waals surface area contributed by atoms with Crippen molar-refractivity contribution in [3.05, 3.63) is 0 Å². The van der Waals surface area contributed by atoms with Crippen LogP contribution >= 0.6 is 0 Å². The molecule has 2 aliphatic heterocycles. The first-order valence-electron chi connectivity index (χ1n) is 6.57. The van der Waals surface area contributed by atoms with E-state index < -0.39 is 0 Å². The molecule has 0 saturated carbocycles. The fourth-order valence-electron chi connectivity index (χ4n) is 2.54. The maximum atomic E-state index is 11.8. The van der Waals surface area contributed by atoms with Crippen LogP contribution < -0.4 is 5.32 Å². The summed E-state index contributed by atoms with van der Waals surface area (Å²) in [7, 11) is 1.86. The summed E-state index contributed by atoms with van der Waals surface area (Å²) in [6.07, 6.45) is 2.02. The van der Waals surface area contributed by atoms with Gasteiger partial charge in [-0.15, -0.1) is 0 Å². The lowest BCUT2D eigenvalue weighted by molar-refractivity contribution is -0.129. The van der Waals surface area contributed by atoms with Crippen LogP contribution in [-0.2, 0) is 9.53 Å². The first kappa shape index (κ1) is 12.8. The fraction of sp³-hybridized carbons (Fsp3) is 0.917. The van der Waals surface area contributed by atoms with Crippen LogP contribution in [0.4, 0.5) is 0 Å². The van der Waals surface area contributed by atoms with E-state index in [0.717, 1.165) is 58.8 Å². The molecule has 0 aromatic rings. The number of hydrogen-bond donors (Lipinski definition) is 1. The molecule has 0 spiro atoms. The second kappa shape index (κ2) is 6.33. The number of carbonyl (C=O) groups excluding carboxylic acids is 1. The lowest BCUT2D eigenvalue weighted by Gasteiger charge is -2.27. The number of morpholine rings is 1. The van der Waals surface area contributed by atoms with Crippen LogP contribution in [0.15, 0.2) is 0 Å². The van der Waals surface area contributed by atoms with Crippen LogP contribution in [0.2, 0.25) is 0 Å². The Bertz CT molecular complexity index is 254. The summed E-state index contributed by atoms with van der Waals surface area (Å²) in [5.41, 5.74) is 0. The van der Waals surface area contributed by atoms with Gasteiger partial charge in [0.1, 0.15) is 0 Å². The van der Waals surface area contributed by atoms with Crippen molar-refractivity contribution >= 4 is 5.91 Å². The number of amides is 1. The maximum absolute atomic E-state index is 11.8. The highest BCUT2D eigenvalue weighted by Gasteiger charge is 2.29. The van der Waals surface area contributed by atoms with Crippen molar-refractivity contribution < 1.29 is 9.53 Å². The van der Waals surface area contributed by atoms with Crippen LogP contribution in [0, 0.1) is 0 Å². The lowest BCUT2D eigenvalue weighted by atomic mass is 10.2. The molecule has 0 radical (unpaired) electrons. The van der Waals surface area contributed by atoms with E-state index in [2.05, 4.69) is 10.2 Å². The average molecular weight is 241 g/mol. The number of nitrogens with one attached hydrogen (secondary N) is 1. The normalized spacial score (nSPS) is 26.8. The molecule has 2 aliphatic rings. The average Bonchev–Trinajstić information content (AvgIpc) is 2.72. The molecular weight excluding hydrogens is 218 g/mol. The fourth-order valence-corrected chi connectivity index (χ4v) is 2.54. The molecule has 2 rings (SSSR count). The second-order valence-electron chi connectivity index (χ2n) is 4.76. The van der Waals surface area contributed by atoms with Crippen molar-refractivity contribution in [1.82, 2.24) is 15.1 Å². The Morgan fingerprint density at radius 1 is 1.29 bits per heavy atom. The summed E-state index contributed by atoms with van der Waals surface area (Å²) >= 11 is 0. The molecule has 0 aromatic carbocycles. The third-order valence-electron chi connectivity index (χ3n) is 3.65. The minimum atomic E-state index is 0.0541. The monoisotopic (exact) mass is 241 g/mol. The minimum absolute atomic E-state index is 0.0541. The van der Waals surface area contributed by atoms with Gasteiger partial charge in [-0.05, 0) is 19.9 Å². The van der Waals surface area contributed by atoms with E-state index in [1.807, 2.05) is 11.9 Å². The number of hydrogen-bond acceptors (Lipinski definition) is 4. The molecule has 1 unspecified atom stereocenters. The van der Waals surface area contributed by atoms with E-state index in [1.54, 1.807) is 0 Å². The molecule has 0 aliphatic carbocycles. The van der Waals surface area contributed by atoms with E-state index in [0.29, 0.717) is 0 Å².